The van der Waals surface area contributed by atoms with Crippen LogP contribution in [0.25, 0.3) is 0 Å². The number of halogens is 3. The zero-order valence-corrected chi connectivity index (χ0v) is 6.87. The Kier molecular flexibility index (Phi) is 2.76. The molecule has 0 unspecified atom stereocenters. The highest BCUT2D eigenvalue weighted by molar-refractivity contribution is 6.69. The van der Waals surface area contributed by atoms with Gasteiger partial charge in [0.25, 0.3) is 0 Å². The number of nitrogens with two attached hydrogens (primary N) is 1. The maximum Gasteiger partial charge on any atom is 0.238 e. The second-order valence-electron chi connectivity index (χ2n) is 1.53. The van der Waals surface area contributed by atoms with Crippen molar-refractivity contribution in [2.24, 2.45) is 5.73 Å². The van der Waals surface area contributed by atoms with Crippen LogP contribution in [0.1, 0.15) is 0 Å². The first-order valence-corrected chi connectivity index (χ1v) is 3.19. The lowest BCUT2D eigenvalue weighted by Crippen LogP contribution is -2.48. The van der Waals surface area contributed by atoms with Crippen LogP contribution < -0.4 is 5.73 Å². The van der Waals surface area contributed by atoms with Gasteiger partial charge in [0.05, 0.1) is 0 Å². The highest BCUT2D eigenvalue weighted by Crippen LogP contribution is 2.35. The Morgan fingerprint density at radius 1 is 1.10 bits per heavy atom. The van der Waals surface area contributed by atoms with E-state index < -0.39 is 9.33 Å². The van der Waals surface area contributed by atoms with E-state index in [9.17, 15) is 0 Å². The summed E-state index contributed by atoms with van der Waals surface area (Å²) in [6.07, 6.45) is 0. The molecule has 54 valence electrons. The first-order chi connectivity index (χ1) is 4.37. The zero-order valence-electron chi connectivity index (χ0n) is 4.61. The average Bonchev–Trinajstić information content (AvgIpc) is 1.84. The van der Waals surface area contributed by atoms with Crippen molar-refractivity contribution in [1.82, 2.24) is 0 Å². The molecule has 0 radical (unpaired) electrons. The van der Waals surface area contributed by atoms with E-state index in [-0.39, 0.29) is 0 Å². The molecule has 0 bridgehead atoms. The smallest absolute Gasteiger partial charge is 0.238 e. The topological polar surface area (TPSA) is 73.6 Å². The summed E-state index contributed by atoms with van der Waals surface area (Å²) in [5, 5.41) is 16.5. The Bertz CT molecular complexity index is 191. The molecule has 0 atom stereocenters. The number of rotatable bonds is 0. The molecule has 6 heteroatoms. The third-order valence-corrected chi connectivity index (χ3v) is 1.69. The van der Waals surface area contributed by atoms with Gasteiger partial charge >= 0.3 is 0 Å². The maximum atomic E-state index is 8.27. The summed E-state index contributed by atoms with van der Waals surface area (Å²) in [6, 6.07) is 2.78. The highest BCUT2D eigenvalue weighted by Gasteiger charge is 2.46. The van der Waals surface area contributed by atoms with Crippen LogP contribution in [0, 0.1) is 22.7 Å². The highest BCUT2D eigenvalue weighted by atomic mass is 35.6. The van der Waals surface area contributed by atoms with Crippen molar-refractivity contribution >= 4 is 34.8 Å². The van der Waals surface area contributed by atoms with Gasteiger partial charge in [-0.3, -0.25) is 5.73 Å². The van der Waals surface area contributed by atoms with Crippen LogP contribution in [-0.4, -0.2) is 9.33 Å². The van der Waals surface area contributed by atoms with Gasteiger partial charge in [-0.05, 0) is 0 Å². The molecule has 0 spiro atoms. The number of nitrogens with zero attached hydrogens (tertiary/aromatic N) is 2. The van der Waals surface area contributed by atoms with E-state index in [0.29, 0.717) is 0 Å². The van der Waals surface area contributed by atoms with Crippen molar-refractivity contribution in [1.29, 1.82) is 10.5 Å². The number of alkyl halides is 3. The minimum absolute atomic E-state index is 1.39. The summed E-state index contributed by atoms with van der Waals surface area (Å²) in [6.45, 7) is 0. The van der Waals surface area contributed by atoms with Crippen LogP contribution in [0.5, 0.6) is 0 Å². The summed E-state index contributed by atoms with van der Waals surface area (Å²) in [4.78, 5) is 0. The van der Waals surface area contributed by atoms with Crippen LogP contribution in [0.3, 0.4) is 0 Å². The van der Waals surface area contributed by atoms with Crippen molar-refractivity contribution in [3.8, 4) is 12.1 Å². The third kappa shape index (κ3) is 1.65. The monoisotopic (exact) mass is 197 g/mol. The van der Waals surface area contributed by atoms with E-state index in [1.807, 2.05) is 0 Å². The van der Waals surface area contributed by atoms with E-state index in [1.54, 1.807) is 0 Å². The lowest BCUT2D eigenvalue weighted by Gasteiger charge is -2.20. The fourth-order valence-corrected chi connectivity index (χ4v) is 0.405. The first kappa shape index (κ1) is 9.81. The van der Waals surface area contributed by atoms with Gasteiger partial charge in [0.2, 0.25) is 9.33 Å². The molecule has 0 saturated heterocycles. The van der Waals surface area contributed by atoms with Gasteiger partial charge in [-0.2, -0.15) is 10.5 Å². The largest absolute Gasteiger partial charge is 0.298 e. The average molecular weight is 198 g/mol. The molecule has 0 aliphatic heterocycles. The molecule has 0 heterocycles. The van der Waals surface area contributed by atoms with Crippen LogP contribution in [0.15, 0.2) is 0 Å². The second kappa shape index (κ2) is 2.82. The Morgan fingerprint density at radius 3 is 1.40 bits per heavy atom. The Balaban J connectivity index is 4.77. The lowest BCUT2D eigenvalue weighted by atomic mass is 10.1. The van der Waals surface area contributed by atoms with Gasteiger partial charge in [-0.15, -0.1) is 0 Å². The Morgan fingerprint density at radius 2 is 1.40 bits per heavy atom. The van der Waals surface area contributed by atoms with E-state index >= 15 is 0 Å². The van der Waals surface area contributed by atoms with Crippen LogP contribution in [0.2, 0.25) is 0 Å². The van der Waals surface area contributed by atoms with Gasteiger partial charge < -0.3 is 0 Å². The molecule has 0 aliphatic rings. The van der Waals surface area contributed by atoms with Crippen molar-refractivity contribution in [3.05, 3.63) is 0 Å². The normalized spacial score (nSPS) is 11.8. The molecule has 3 nitrogen and oxygen atoms in total. The molecule has 0 aromatic rings. The molecule has 2 N–H and O–H groups in total. The third-order valence-electron chi connectivity index (χ3n) is 0.800. The molecular weight excluding hydrogens is 196 g/mol. The molecule has 0 amide bonds. The van der Waals surface area contributed by atoms with Crippen molar-refractivity contribution in [3.63, 3.8) is 0 Å². The van der Waals surface area contributed by atoms with E-state index in [0.717, 1.165) is 0 Å². The van der Waals surface area contributed by atoms with E-state index in [2.05, 4.69) is 0 Å². The predicted octanol–water partition coefficient (Wildman–Crippen LogP) is 1.10. The van der Waals surface area contributed by atoms with Gasteiger partial charge in [0.15, 0.2) is 0 Å². The molecule has 0 aliphatic carbocycles. The van der Waals surface area contributed by atoms with Crippen molar-refractivity contribution < 1.29 is 0 Å². The summed E-state index contributed by atoms with van der Waals surface area (Å²) in [5.74, 6) is 0. The number of nitriles is 2. The number of hydrogen-bond acceptors (Lipinski definition) is 3. The van der Waals surface area contributed by atoms with Gasteiger partial charge in [0.1, 0.15) is 12.1 Å². The number of hydrogen-bond donors (Lipinski definition) is 1. The fraction of sp³-hybridized carbons (Fsp3) is 0.500. The molecule has 0 fully saturated rings. The standard InChI is InChI=1S/C4H2Cl3N3/c5-4(6,7)3(10,1-8)2-9/h10H2. The summed E-state index contributed by atoms with van der Waals surface area (Å²) in [5.41, 5.74) is 2.98. The molecule has 10 heavy (non-hydrogen) atoms. The van der Waals surface area contributed by atoms with Gasteiger partial charge in [-0.1, -0.05) is 34.8 Å². The Labute approximate surface area is 72.9 Å². The van der Waals surface area contributed by atoms with Gasteiger partial charge in [-0.25, -0.2) is 0 Å². The second-order valence-corrected chi connectivity index (χ2v) is 3.81. The summed E-state index contributed by atoms with van der Waals surface area (Å²) >= 11 is 15.6. The quantitative estimate of drug-likeness (QED) is 0.592. The molecule has 0 aromatic carbocycles. The fourth-order valence-electron chi connectivity index (χ4n) is 0.152. The minimum atomic E-state index is -2.07. The zero-order chi connectivity index (χ0) is 8.41. The SMILES string of the molecule is N#CC(N)(C#N)C(Cl)(Cl)Cl. The Hall–Kier alpha value is -0.190. The summed E-state index contributed by atoms with van der Waals surface area (Å²) < 4.78 is -2.07. The molecule has 0 saturated carbocycles. The van der Waals surface area contributed by atoms with Crippen molar-refractivity contribution in [2.45, 2.75) is 9.33 Å². The van der Waals surface area contributed by atoms with Crippen molar-refractivity contribution in [2.75, 3.05) is 0 Å². The summed E-state index contributed by atoms with van der Waals surface area (Å²) in [7, 11) is 0. The van der Waals surface area contributed by atoms with Crippen LogP contribution in [0.4, 0.5) is 0 Å². The van der Waals surface area contributed by atoms with Crippen LogP contribution >= 0.6 is 34.8 Å². The first-order valence-electron chi connectivity index (χ1n) is 2.05. The van der Waals surface area contributed by atoms with E-state index in [1.165, 1.54) is 12.1 Å². The minimum Gasteiger partial charge on any atom is -0.298 e. The molecule has 0 rings (SSSR count). The molecule has 0 aromatic heterocycles. The predicted molar refractivity (Wildman–Crippen MR) is 38.4 cm³/mol. The van der Waals surface area contributed by atoms with Crippen LogP contribution in [-0.2, 0) is 0 Å². The lowest BCUT2D eigenvalue weighted by molar-refractivity contribution is 0.702. The maximum absolute atomic E-state index is 8.27. The molecular formula is C4H2Cl3N3. The van der Waals surface area contributed by atoms with E-state index in [4.69, 9.17) is 51.1 Å². The van der Waals surface area contributed by atoms with Gasteiger partial charge in [0, 0.05) is 0 Å².